The number of hydrogen-bond donors (Lipinski definition) is 1. The lowest BCUT2D eigenvalue weighted by atomic mass is 10.3. The van der Waals surface area contributed by atoms with E-state index in [-0.39, 0.29) is 5.91 Å². The average Bonchev–Trinajstić information content (AvgIpc) is 2.75. The molecule has 0 bridgehead atoms. The molecular formula is C13H21F3N4O. The summed E-state index contributed by atoms with van der Waals surface area (Å²) in [6.07, 6.45) is -3.73. The summed E-state index contributed by atoms with van der Waals surface area (Å²) in [4.78, 5) is 13.9. The lowest BCUT2D eigenvalue weighted by Crippen LogP contribution is -2.33. The van der Waals surface area contributed by atoms with Crippen LogP contribution in [-0.2, 0) is 11.0 Å². The van der Waals surface area contributed by atoms with Crippen LogP contribution in [0.2, 0.25) is 0 Å². The number of nitrogens with zero attached hydrogens (tertiary/aromatic N) is 3. The molecule has 0 saturated carbocycles. The van der Waals surface area contributed by atoms with Crippen LogP contribution in [0.1, 0.15) is 30.8 Å². The highest BCUT2D eigenvalue weighted by Crippen LogP contribution is 2.29. The third kappa shape index (κ3) is 5.04. The first-order valence-corrected chi connectivity index (χ1v) is 6.68. The molecule has 0 aliphatic heterocycles. The smallest absolute Gasteiger partial charge is 0.354 e. The van der Waals surface area contributed by atoms with Gasteiger partial charge in [-0.1, -0.05) is 0 Å². The molecule has 1 atom stereocenters. The maximum absolute atomic E-state index is 12.6. The number of nitrogens with one attached hydrogen (secondary N) is 1. The zero-order valence-corrected chi connectivity index (χ0v) is 12.7. The number of aromatic nitrogens is 2. The molecule has 1 aromatic rings. The Bertz CT molecular complexity index is 482. The zero-order valence-electron chi connectivity index (χ0n) is 12.7. The van der Waals surface area contributed by atoms with E-state index in [0.29, 0.717) is 12.2 Å². The summed E-state index contributed by atoms with van der Waals surface area (Å²) in [7, 11) is 3.85. The summed E-state index contributed by atoms with van der Waals surface area (Å²) in [6.45, 7) is 4.33. The highest BCUT2D eigenvalue weighted by atomic mass is 19.4. The van der Waals surface area contributed by atoms with E-state index in [1.165, 1.54) is 13.8 Å². The molecule has 0 radical (unpaired) electrons. The normalized spacial score (nSPS) is 13.5. The maximum atomic E-state index is 12.6. The molecule has 1 rings (SSSR count). The summed E-state index contributed by atoms with van der Waals surface area (Å²) in [6, 6.07) is 0.163. The number of alkyl halides is 3. The molecule has 8 heteroatoms. The minimum absolute atomic E-state index is 0.304. The van der Waals surface area contributed by atoms with E-state index in [2.05, 4.69) is 10.4 Å². The van der Waals surface area contributed by atoms with Crippen molar-refractivity contribution in [3.05, 3.63) is 17.5 Å². The van der Waals surface area contributed by atoms with E-state index in [9.17, 15) is 18.0 Å². The zero-order chi connectivity index (χ0) is 16.2. The second-order valence-electron chi connectivity index (χ2n) is 5.24. The summed E-state index contributed by atoms with van der Waals surface area (Å²) in [5.41, 5.74) is -0.675. The van der Waals surface area contributed by atoms with Gasteiger partial charge in [0.1, 0.15) is 6.04 Å². The second kappa shape index (κ2) is 6.93. The van der Waals surface area contributed by atoms with Crippen LogP contribution in [-0.4, -0.2) is 47.8 Å². The lowest BCUT2D eigenvalue weighted by molar-refractivity contribution is -0.142. The van der Waals surface area contributed by atoms with E-state index < -0.39 is 17.9 Å². The van der Waals surface area contributed by atoms with Crippen molar-refractivity contribution in [1.29, 1.82) is 0 Å². The topological polar surface area (TPSA) is 50.2 Å². The Labute approximate surface area is 122 Å². The average molecular weight is 306 g/mol. The van der Waals surface area contributed by atoms with Gasteiger partial charge in [0.2, 0.25) is 5.91 Å². The minimum Gasteiger partial charge on any atom is -0.354 e. The maximum Gasteiger partial charge on any atom is 0.435 e. The van der Waals surface area contributed by atoms with Gasteiger partial charge in [0.25, 0.3) is 0 Å². The van der Waals surface area contributed by atoms with Crippen LogP contribution < -0.4 is 5.32 Å². The molecule has 0 aliphatic carbocycles. The number of carbonyl (C=O) groups is 1. The van der Waals surface area contributed by atoms with Crippen molar-refractivity contribution in [2.45, 2.75) is 32.5 Å². The molecule has 1 N–H and O–H groups in total. The number of amides is 1. The number of carbonyl (C=O) groups excluding carboxylic acids is 1. The third-order valence-electron chi connectivity index (χ3n) is 3.04. The molecule has 0 saturated heterocycles. The summed E-state index contributed by atoms with van der Waals surface area (Å²) >= 11 is 0. The summed E-state index contributed by atoms with van der Waals surface area (Å²) in [5.74, 6) is -0.339. The van der Waals surface area contributed by atoms with Crippen LogP contribution in [0, 0.1) is 6.92 Å². The van der Waals surface area contributed by atoms with E-state index >= 15 is 0 Å². The number of aryl methyl sites for hydroxylation is 1. The third-order valence-corrected chi connectivity index (χ3v) is 3.04. The fourth-order valence-electron chi connectivity index (χ4n) is 1.88. The Morgan fingerprint density at radius 2 is 2.10 bits per heavy atom. The van der Waals surface area contributed by atoms with Crippen LogP contribution in [0.4, 0.5) is 13.2 Å². The van der Waals surface area contributed by atoms with Gasteiger partial charge in [0.05, 0.1) is 0 Å². The predicted molar refractivity (Wildman–Crippen MR) is 72.9 cm³/mol. The predicted octanol–water partition coefficient (Wildman–Crippen LogP) is 1.84. The van der Waals surface area contributed by atoms with E-state index in [4.69, 9.17) is 0 Å². The largest absolute Gasteiger partial charge is 0.435 e. The van der Waals surface area contributed by atoms with E-state index in [0.717, 1.165) is 23.7 Å². The van der Waals surface area contributed by atoms with Crippen LogP contribution in [0.5, 0.6) is 0 Å². The Morgan fingerprint density at radius 1 is 1.48 bits per heavy atom. The quantitative estimate of drug-likeness (QED) is 0.816. The summed E-state index contributed by atoms with van der Waals surface area (Å²) in [5, 5.41) is 6.18. The molecule has 1 heterocycles. The molecule has 0 aromatic carbocycles. The Hall–Kier alpha value is -1.57. The van der Waals surface area contributed by atoms with Crippen LogP contribution in [0.15, 0.2) is 6.07 Å². The van der Waals surface area contributed by atoms with Crippen molar-refractivity contribution in [2.75, 3.05) is 27.2 Å². The molecule has 120 valence electrons. The molecule has 0 aliphatic rings. The van der Waals surface area contributed by atoms with Gasteiger partial charge in [-0.3, -0.25) is 9.48 Å². The SMILES string of the molecule is Cc1cc(C(F)(F)F)nn1[C@@H](C)C(=O)NCCCN(C)C. The van der Waals surface area contributed by atoms with Gasteiger partial charge < -0.3 is 10.2 Å². The van der Waals surface area contributed by atoms with Crippen molar-refractivity contribution >= 4 is 5.91 Å². The fraction of sp³-hybridized carbons (Fsp3) is 0.692. The van der Waals surface area contributed by atoms with Crippen molar-refractivity contribution < 1.29 is 18.0 Å². The van der Waals surface area contributed by atoms with Crippen molar-refractivity contribution in [3.8, 4) is 0 Å². The molecule has 1 amide bonds. The summed E-state index contributed by atoms with van der Waals surface area (Å²) < 4.78 is 38.9. The molecule has 21 heavy (non-hydrogen) atoms. The highest BCUT2D eigenvalue weighted by Gasteiger charge is 2.35. The van der Waals surface area contributed by atoms with Gasteiger partial charge in [-0.25, -0.2) is 0 Å². The molecule has 5 nitrogen and oxygen atoms in total. The van der Waals surface area contributed by atoms with Gasteiger partial charge >= 0.3 is 6.18 Å². The Balaban J connectivity index is 2.64. The van der Waals surface area contributed by atoms with Crippen molar-refractivity contribution in [1.82, 2.24) is 20.0 Å². The molecule has 0 spiro atoms. The molecule has 0 fully saturated rings. The van der Waals surface area contributed by atoms with Crippen LogP contribution >= 0.6 is 0 Å². The van der Waals surface area contributed by atoms with Crippen molar-refractivity contribution in [2.24, 2.45) is 0 Å². The first kappa shape index (κ1) is 17.5. The standard InChI is InChI=1S/C13H21F3N4O/c1-9-8-11(13(14,15)16)18-20(9)10(2)12(21)17-6-5-7-19(3)4/h8,10H,5-7H2,1-4H3,(H,17,21)/t10-/m0/s1. The van der Waals surface area contributed by atoms with Crippen LogP contribution in [0.3, 0.4) is 0 Å². The minimum atomic E-state index is -4.50. The number of rotatable bonds is 6. The van der Waals surface area contributed by atoms with Gasteiger partial charge in [0, 0.05) is 12.2 Å². The first-order chi connectivity index (χ1) is 9.62. The Kier molecular flexibility index (Phi) is 5.77. The number of hydrogen-bond acceptors (Lipinski definition) is 3. The van der Waals surface area contributed by atoms with Gasteiger partial charge in [-0.05, 0) is 47.0 Å². The monoisotopic (exact) mass is 306 g/mol. The van der Waals surface area contributed by atoms with Crippen LogP contribution in [0.25, 0.3) is 0 Å². The van der Waals surface area contributed by atoms with Gasteiger partial charge in [0.15, 0.2) is 5.69 Å². The number of halogens is 3. The van der Waals surface area contributed by atoms with E-state index in [1.807, 2.05) is 19.0 Å². The fourth-order valence-corrected chi connectivity index (χ4v) is 1.88. The van der Waals surface area contributed by atoms with Crippen molar-refractivity contribution in [3.63, 3.8) is 0 Å². The van der Waals surface area contributed by atoms with Gasteiger partial charge in [-0.2, -0.15) is 18.3 Å². The van der Waals surface area contributed by atoms with Gasteiger partial charge in [-0.15, -0.1) is 0 Å². The highest BCUT2D eigenvalue weighted by molar-refractivity contribution is 5.79. The second-order valence-corrected chi connectivity index (χ2v) is 5.24. The molecule has 1 aromatic heterocycles. The first-order valence-electron chi connectivity index (χ1n) is 6.68. The van der Waals surface area contributed by atoms with E-state index in [1.54, 1.807) is 0 Å². The Morgan fingerprint density at radius 3 is 2.57 bits per heavy atom. The molecule has 0 unspecified atom stereocenters. The molecular weight excluding hydrogens is 285 g/mol. The lowest BCUT2D eigenvalue weighted by Gasteiger charge is -2.15.